The molecule has 1 atom stereocenters. The van der Waals surface area contributed by atoms with E-state index in [9.17, 15) is 9.59 Å². The minimum atomic E-state index is 0.0643. The number of aromatic nitrogens is 2. The van der Waals surface area contributed by atoms with Gasteiger partial charge >= 0.3 is 0 Å². The first-order valence-electron chi connectivity index (χ1n) is 10.4. The van der Waals surface area contributed by atoms with Crippen LogP contribution in [0.25, 0.3) is 0 Å². The van der Waals surface area contributed by atoms with E-state index in [0.717, 1.165) is 57.7 Å². The van der Waals surface area contributed by atoms with Gasteiger partial charge in [0.1, 0.15) is 0 Å². The monoisotopic (exact) mass is 375 g/mol. The van der Waals surface area contributed by atoms with Crippen molar-refractivity contribution in [3.63, 3.8) is 0 Å². The van der Waals surface area contributed by atoms with Gasteiger partial charge in [-0.15, -0.1) is 0 Å². The molecule has 1 aromatic rings. The number of carbonyl (C=O) groups excluding carboxylic acids is 2. The average molecular weight is 376 g/mol. The van der Waals surface area contributed by atoms with Crippen molar-refractivity contribution in [1.29, 1.82) is 0 Å². The van der Waals surface area contributed by atoms with Crippen molar-refractivity contribution >= 4 is 11.8 Å². The molecule has 0 bridgehead atoms. The molecular weight excluding hydrogens is 342 g/mol. The third kappa shape index (κ3) is 5.09. The number of likely N-dealkylation sites (N-methyl/N-ethyl adjacent to an activating group) is 1. The average Bonchev–Trinajstić information content (AvgIpc) is 3.32. The number of amides is 2. The zero-order chi connectivity index (χ0) is 19.2. The third-order valence-electron chi connectivity index (χ3n) is 6.18. The maximum atomic E-state index is 12.5. The van der Waals surface area contributed by atoms with E-state index in [0.29, 0.717) is 23.9 Å². The highest BCUT2D eigenvalue weighted by Gasteiger charge is 2.26. The summed E-state index contributed by atoms with van der Waals surface area (Å²) in [6, 6.07) is 0.513. The second-order valence-electron chi connectivity index (χ2n) is 7.91. The molecular formula is C20H33N5O2. The van der Waals surface area contributed by atoms with Gasteiger partial charge in [0, 0.05) is 37.8 Å². The molecule has 2 amide bonds. The first-order chi connectivity index (χ1) is 13.1. The van der Waals surface area contributed by atoms with Crippen LogP contribution in [-0.4, -0.2) is 70.6 Å². The largest absolute Gasteiger partial charge is 0.355 e. The van der Waals surface area contributed by atoms with Crippen LogP contribution in [0.4, 0.5) is 0 Å². The Kier molecular flexibility index (Phi) is 6.88. The topological polar surface area (TPSA) is 81.3 Å². The number of aromatic amines is 1. The molecule has 0 spiro atoms. The zero-order valence-electron chi connectivity index (χ0n) is 16.7. The van der Waals surface area contributed by atoms with Crippen LogP contribution < -0.4 is 5.32 Å². The van der Waals surface area contributed by atoms with Crippen molar-refractivity contribution < 1.29 is 9.59 Å². The van der Waals surface area contributed by atoms with Gasteiger partial charge in [-0.1, -0.05) is 6.92 Å². The number of aryl methyl sites for hydroxylation is 1. The number of rotatable bonds is 7. The number of H-pyrrole nitrogens is 1. The molecule has 0 saturated carbocycles. The summed E-state index contributed by atoms with van der Waals surface area (Å²) in [6.07, 6.45) is 7.50. The third-order valence-corrected chi connectivity index (χ3v) is 6.18. The highest BCUT2D eigenvalue weighted by Crippen LogP contribution is 2.23. The van der Waals surface area contributed by atoms with E-state index in [4.69, 9.17) is 0 Å². The highest BCUT2D eigenvalue weighted by molar-refractivity contribution is 5.95. The summed E-state index contributed by atoms with van der Waals surface area (Å²) in [4.78, 5) is 29.1. The number of nitrogens with one attached hydrogen (secondary N) is 2. The van der Waals surface area contributed by atoms with Gasteiger partial charge in [-0.2, -0.15) is 5.10 Å². The van der Waals surface area contributed by atoms with Crippen molar-refractivity contribution in [1.82, 2.24) is 25.3 Å². The Morgan fingerprint density at radius 1 is 1.26 bits per heavy atom. The van der Waals surface area contributed by atoms with Gasteiger partial charge in [-0.05, 0) is 58.0 Å². The summed E-state index contributed by atoms with van der Waals surface area (Å²) in [7, 11) is 0. The fourth-order valence-corrected chi connectivity index (χ4v) is 4.36. The first-order valence-corrected chi connectivity index (χ1v) is 10.4. The second-order valence-corrected chi connectivity index (χ2v) is 7.91. The number of piperidine rings is 1. The standard InChI is InChI=1S/C20H33N5O2/c1-3-24-10-4-5-17(24)13-21-19(26)7-6-16-8-11-25(12-9-16)20(27)18-14-22-23-15(18)2/h14,16-17H,3-13H2,1-2H3,(H,21,26)(H,22,23). The molecule has 1 unspecified atom stereocenters. The van der Waals surface area contributed by atoms with Crippen LogP contribution in [-0.2, 0) is 4.79 Å². The van der Waals surface area contributed by atoms with E-state index < -0.39 is 0 Å². The molecule has 2 N–H and O–H groups in total. The lowest BCUT2D eigenvalue weighted by molar-refractivity contribution is -0.121. The summed E-state index contributed by atoms with van der Waals surface area (Å²) >= 11 is 0. The number of hydrogen-bond donors (Lipinski definition) is 2. The SMILES string of the molecule is CCN1CCCC1CNC(=O)CCC1CCN(C(=O)c2cn[nH]c2C)CC1. The molecule has 3 rings (SSSR count). The predicted molar refractivity (Wildman–Crippen MR) is 104 cm³/mol. The van der Waals surface area contributed by atoms with E-state index >= 15 is 0 Å². The van der Waals surface area contributed by atoms with Gasteiger partial charge in [0.15, 0.2) is 0 Å². The molecule has 1 aromatic heterocycles. The van der Waals surface area contributed by atoms with Gasteiger partial charge in [0.25, 0.3) is 5.91 Å². The second kappa shape index (κ2) is 9.35. The molecule has 2 fully saturated rings. The molecule has 7 nitrogen and oxygen atoms in total. The Balaban J connectivity index is 1.34. The fourth-order valence-electron chi connectivity index (χ4n) is 4.36. The summed E-state index contributed by atoms with van der Waals surface area (Å²) in [5, 5.41) is 9.89. The summed E-state index contributed by atoms with van der Waals surface area (Å²) in [5.41, 5.74) is 1.49. The number of nitrogens with zero attached hydrogens (tertiary/aromatic N) is 3. The Morgan fingerprint density at radius 3 is 2.70 bits per heavy atom. The number of likely N-dealkylation sites (tertiary alicyclic amines) is 2. The Bertz CT molecular complexity index is 636. The maximum absolute atomic E-state index is 12.5. The molecule has 7 heteroatoms. The van der Waals surface area contributed by atoms with Crippen molar-refractivity contribution in [3.05, 3.63) is 17.5 Å². The van der Waals surface area contributed by atoms with Crippen LogP contribution in [0.3, 0.4) is 0 Å². The first kappa shape index (κ1) is 19.9. The Labute approximate surface area is 161 Å². The molecule has 2 saturated heterocycles. The van der Waals surface area contributed by atoms with Crippen molar-refractivity contribution in [3.8, 4) is 0 Å². The summed E-state index contributed by atoms with van der Waals surface area (Å²) in [5.74, 6) is 0.767. The molecule has 0 aliphatic carbocycles. The fraction of sp³-hybridized carbons (Fsp3) is 0.750. The lowest BCUT2D eigenvalue weighted by Crippen LogP contribution is -2.40. The van der Waals surface area contributed by atoms with Crippen molar-refractivity contribution in [2.75, 3.05) is 32.7 Å². The van der Waals surface area contributed by atoms with Crippen LogP contribution in [0.2, 0.25) is 0 Å². The van der Waals surface area contributed by atoms with Crippen LogP contribution in [0.15, 0.2) is 6.20 Å². The van der Waals surface area contributed by atoms with Gasteiger partial charge in [-0.25, -0.2) is 0 Å². The maximum Gasteiger partial charge on any atom is 0.257 e. The van der Waals surface area contributed by atoms with E-state index in [1.165, 1.54) is 12.8 Å². The Morgan fingerprint density at radius 2 is 2.04 bits per heavy atom. The minimum Gasteiger partial charge on any atom is -0.355 e. The Hall–Kier alpha value is -1.89. The number of carbonyl (C=O) groups is 2. The predicted octanol–water partition coefficient (Wildman–Crippen LogP) is 1.95. The quantitative estimate of drug-likeness (QED) is 0.763. The van der Waals surface area contributed by atoms with E-state index in [1.54, 1.807) is 6.20 Å². The van der Waals surface area contributed by atoms with Crippen LogP contribution in [0.1, 0.15) is 61.5 Å². The molecule has 150 valence electrons. The van der Waals surface area contributed by atoms with Gasteiger partial charge in [-0.3, -0.25) is 19.6 Å². The van der Waals surface area contributed by atoms with Gasteiger partial charge < -0.3 is 10.2 Å². The van der Waals surface area contributed by atoms with E-state index in [2.05, 4.69) is 27.3 Å². The van der Waals surface area contributed by atoms with Crippen molar-refractivity contribution in [2.24, 2.45) is 5.92 Å². The van der Waals surface area contributed by atoms with Crippen LogP contribution in [0.5, 0.6) is 0 Å². The molecule has 0 radical (unpaired) electrons. The smallest absolute Gasteiger partial charge is 0.257 e. The van der Waals surface area contributed by atoms with Crippen LogP contribution in [0, 0.1) is 12.8 Å². The van der Waals surface area contributed by atoms with E-state index in [-0.39, 0.29) is 11.8 Å². The zero-order valence-corrected chi connectivity index (χ0v) is 16.7. The molecule has 3 heterocycles. The lowest BCUT2D eigenvalue weighted by atomic mass is 9.91. The summed E-state index contributed by atoms with van der Waals surface area (Å²) < 4.78 is 0. The molecule has 2 aliphatic rings. The lowest BCUT2D eigenvalue weighted by Gasteiger charge is -2.32. The minimum absolute atomic E-state index is 0.0643. The normalized spacial score (nSPS) is 21.6. The van der Waals surface area contributed by atoms with Crippen molar-refractivity contribution in [2.45, 2.75) is 58.4 Å². The number of hydrogen-bond acceptors (Lipinski definition) is 4. The van der Waals surface area contributed by atoms with E-state index in [1.807, 2.05) is 11.8 Å². The molecule has 0 aromatic carbocycles. The molecule has 2 aliphatic heterocycles. The highest BCUT2D eigenvalue weighted by atomic mass is 16.2. The summed E-state index contributed by atoms with van der Waals surface area (Å²) in [6.45, 7) is 8.60. The van der Waals surface area contributed by atoms with Gasteiger partial charge in [0.05, 0.1) is 11.8 Å². The van der Waals surface area contributed by atoms with Gasteiger partial charge in [0.2, 0.25) is 5.91 Å². The molecule has 27 heavy (non-hydrogen) atoms. The van der Waals surface area contributed by atoms with Crippen LogP contribution >= 0.6 is 0 Å².